The number of piperidine rings is 1. The number of para-hydroxylation sites is 1. The molecule has 1 aliphatic heterocycles. The number of carbonyl (C=O) groups excluding carboxylic acids is 3. The molecule has 29 heavy (non-hydrogen) atoms. The highest BCUT2D eigenvalue weighted by atomic mass is 16.5. The number of hydrogen-bond donors (Lipinski definition) is 0. The van der Waals surface area contributed by atoms with Crippen LogP contribution >= 0.6 is 0 Å². The lowest BCUT2D eigenvalue weighted by molar-refractivity contribution is -0.161. The molecule has 0 spiro atoms. The number of likely N-dealkylation sites (tertiary alicyclic amines) is 1. The monoisotopic (exact) mass is 400 g/mol. The standard InChI is InChI=1S/C22H28N2O5/c1-3-28-22(27)18-9-13-24(14-10-18)21(26)16(2)29-20(25)11-15-23-12-8-17-6-4-5-7-19(17)23/h4-8,12,16,18H,3,9-11,13-15H2,1-2H3. The second-order valence-electron chi connectivity index (χ2n) is 7.30. The van der Waals surface area contributed by atoms with Gasteiger partial charge in [0.15, 0.2) is 6.10 Å². The van der Waals surface area contributed by atoms with E-state index in [2.05, 4.69) is 0 Å². The number of benzene rings is 1. The molecule has 7 nitrogen and oxygen atoms in total. The van der Waals surface area contributed by atoms with Gasteiger partial charge < -0.3 is 18.9 Å². The van der Waals surface area contributed by atoms with Gasteiger partial charge in [0, 0.05) is 31.3 Å². The number of aryl methyl sites for hydroxylation is 1. The molecule has 2 aromatic rings. The number of nitrogens with zero attached hydrogens (tertiary/aromatic N) is 2. The lowest BCUT2D eigenvalue weighted by Crippen LogP contribution is -2.45. The Kier molecular flexibility index (Phi) is 6.90. The van der Waals surface area contributed by atoms with Gasteiger partial charge in [0.25, 0.3) is 5.91 Å². The summed E-state index contributed by atoms with van der Waals surface area (Å²) in [5, 5.41) is 1.12. The molecule has 0 saturated carbocycles. The van der Waals surface area contributed by atoms with Crippen LogP contribution in [0.2, 0.25) is 0 Å². The van der Waals surface area contributed by atoms with Crippen molar-refractivity contribution in [2.24, 2.45) is 5.92 Å². The van der Waals surface area contributed by atoms with Gasteiger partial charge in [0.1, 0.15) is 0 Å². The lowest BCUT2D eigenvalue weighted by atomic mass is 9.97. The number of rotatable bonds is 7. The van der Waals surface area contributed by atoms with E-state index in [0.717, 1.165) is 10.9 Å². The third-order valence-electron chi connectivity index (χ3n) is 5.32. The second kappa shape index (κ2) is 9.58. The molecule has 1 amide bonds. The van der Waals surface area contributed by atoms with Crippen LogP contribution in [-0.4, -0.2) is 53.1 Å². The number of aromatic nitrogens is 1. The first-order valence-corrected chi connectivity index (χ1v) is 10.2. The van der Waals surface area contributed by atoms with E-state index < -0.39 is 12.1 Å². The summed E-state index contributed by atoms with van der Waals surface area (Å²) in [7, 11) is 0. The summed E-state index contributed by atoms with van der Waals surface area (Å²) in [5.74, 6) is -0.970. The van der Waals surface area contributed by atoms with Crippen LogP contribution in [0.3, 0.4) is 0 Å². The molecule has 1 fully saturated rings. The Labute approximate surface area is 170 Å². The van der Waals surface area contributed by atoms with Crippen molar-refractivity contribution in [1.82, 2.24) is 9.47 Å². The fraction of sp³-hybridized carbons (Fsp3) is 0.500. The minimum atomic E-state index is -0.831. The fourth-order valence-electron chi connectivity index (χ4n) is 3.71. The summed E-state index contributed by atoms with van der Waals surface area (Å²) >= 11 is 0. The summed E-state index contributed by atoms with van der Waals surface area (Å²) in [4.78, 5) is 38.3. The normalized spacial score (nSPS) is 15.9. The van der Waals surface area contributed by atoms with E-state index in [1.807, 2.05) is 41.1 Å². The van der Waals surface area contributed by atoms with Crippen LogP contribution in [0.25, 0.3) is 10.9 Å². The number of esters is 2. The van der Waals surface area contributed by atoms with Gasteiger partial charge in [0.05, 0.1) is 18.9 Å². The van der Waals surface area contributed by atoms with Crippen molar-refractivity contribution in [2.45, 2.75) is 45.8 Å². The van der Waals surface area contributed by atoms with Gasteiger partial charge in [0.2, 0.25) is 0 Å². The quantitative estimate of drug-likeness (QED) is 0.668. The number of fused-ring (bicyclic) bond motifs is 1. The predicted molar refractivity (Wildman–Crippen MR) is 108 cm³/mol. The number of amides is 1. The molecule has 1 saturated heterocycles. The summed E-state index contributed by atoms with van der Waals surface area (Å²) in [6, 6.07) is 9.97. The van der Waals surface area contributed by atoms with E-state index in [1.54, 1.807) is 18.7 Å². The summed E-state index contributed by atoms with van der Waals surface area (Å²) in [5.41, 5.74) is 1.06. The predicted octanol–water partition coefficient (Wildman–Crippen LogP) is 2.76. The summed E-state index contributed by atoms with van der Waals surface area (Å²) in [6.07, 6.45) is 2.46. The topological polar surface area (TPSA) is 77.8 Å². The first-order valence-electron chi connectivity index (χ1n) is 10.2. The molecule has 0 bridgehead atoms. The number of hydrogen-bond acceptors (Lipinski definition) is 5. The molecule has 2 heterocycles. The van der Waals surface area contributed by atoms with Crippen LogP contribution in [-0.2, 0) is 30.4 Å². The van der Waals surface area contributed by atoms with Crippen LogP contribution in [0, 0.1) is 5.92 Å². The van der Waals surface area contributed by atoms with E-state index in [-0.39, 0.29) is 24.2 Å². The van der Waals surface area contributed by atoms with E-state index in [0.29, 0.717) is 39.1 Å². The van der Waals surface area contributed by atoms with Gasteiger partial charge in [-0.2, -0.15) is 0 Å². The zero-order valence-electron chi connectivity index (χ0n) is 17.0. The Hall–Kier alpha value is -2.83. The second-order valence-corrected chi connectivity index (χ2v) is 7.30. The highest BCUT2D eigenvalue weighted by molar-refractivity contribution is 5.84. The van der Waals surface area contributed by atoms with Crippen LogP contribution in [0.1, 0.15) is 33.1 Å². The highest BCUT2D eigenvalue weighted by Gasteiger charge is 2.31. The van der Waals surface area contributed by atoms with E-state index in [9.17, 15) is 14.4 Å². The molecular weight excluding hydrogens is 372 g/mol. The maximum absolute atomic E-state index is 12.6. The Bertz CT molecular complexity index is 867. The third-order valence-corrected chi connectivity index (χ3v) is 5.32. The van der Waals surface area contributed by atoms with Crippen molar-refractivity contribution in [1.29, 1.82) is 0 Å². The average molecular weight is 400 g/mol. The van der Waals surface area contributed by atoms with Gasteiger partial charge in [-0.3, -0.25) is 14.4 Å². The Morgan fingerprint density at radius 2 is 1.86 bits per heavy atom. The van der Waals surface area contributed by atoms with Gasteiger partial charge in [-0.05, 0) is 44.2 Å². The van der Waals surface area contributed by atoms with Crippen molar-refractivity contribution in [3.63, 3.8) is 0 Å². The molecule has 156 valence electrons. The first-order chi connectivity index (χ1) is 14.0. The maximum Gasteiger partial charge on any atom is 0.309 e. The first kappa shape index (κ1) is 20.9. The van der Waals surface area contributed by atoms with Crippen LogP contribution < -0.4 is 0 Å². The lowest BCUT2D eigenvalue weighted by Gasteiger charge is -2.32. The molecular formula is C22H28N2O5. The number of ether oxygens (including phenoxy) is 2. The molecule has 1 aromatic carbocycles. The molecule has 0 radical (unpaired) electrons. The van der Waals surface area contributed by atoms with Crippen LogP contribution in [0.4, 0.5) is 0 Å². The van der Waals surface area contributed by atoms with E-state index in [4.69, 9.17) is 9.47 Å². The fourth-order valence-corrected chi connectivity index (χ4v) is 3.71. The summed E-state index contributed by atoms with van der Waals surface area (Å²) in [6.45, 7) is 5.19. The van der Waals surface area contributed by atoms with Crippen LogP contribution in [0.5, 0.6) is 0 Å². The van der Waals surface area contributed by atoms with Crippen molar-refractivity contribution in [3.8, 4) is 0 Å². The van der Waals surface area contributed by atoms with E-state index >= 15 is 0 Å². The SMILES string of the molecule is CCOC(=O)C1CCN(C(=O)C(C)OC(=O)CCn2ccc3ccccc32)CC1. The molecule has 1 aromatic heterocycles. The van der Waals surface area contributed by atoms with Gasteiger partial charge >= 0.3 is 11.9 Å². The molecule has 1 atom stereocenters. The highest BCUT2D eigenvalue weighted by Crippen LogP contribution is 2.20. The summed E-state index contributed by atoms with van der Waals surface area (Å²) < 4.78 is 12.4. The molecule has 3 rings (SSSR count). The Morgan fingerprint density at radius 1 is 1.14 bits per heavy atom. The molecule has 0 aliphatic carbocycles. The van der Waals surface area contributed by atoms with Crippen LogP contribution in [0.15, 0.2) is 36.5 Å². The van der Waals surface area contributed by atoms with E-state index in [1.165, 1.54) is 0 Å². The molecule has 7 heteroatoms. The molecule has 1 unspecified atom stereocenters. The van der Waals surface area contributed by atoms with Gasteiger partial charge in [-0.25, -0.2) is 0 Å². The zero-order chi connectivity index (χ0) is 20.8. The smallest absolute Gasteiger partial charge is 0.309 e. The minimum Gasteiger partial charge on any atom is -0.466 e. The third kappa shape index (κ3) is 5.16. The van der Waals surface area contributed by atoms with Crippen molar-refractivity contribution < 1.29 is 23.9 Å². The maximum atomic E-state index is 12.6. The van der Waals surface area contributed by atoms with Crippen molar-refractivity contribution >= 4 is 28.7 Å². The molecule has 1 aliphatic rings. The Balaban J connectivity index is 1.44. The Morgan fingerprint density at radius 3 is 2.59 bits per heavy atom. The van der Waals surface area contributed by atoms with Gasteiger partial charge in [-0.15, -0.1) is 0 Å². The molecule has 0 N–H and O–H groups in total. The van der Waals surface area contributed by atoms with Crippen molar-refractivity contribution in [3.05, 3.63) is 36.5 Å². The zero-order valence-corrected chi connectivity index (χ0v) is 17.0. The average Bonchev–Trinajstić information content (AvgIpc) is 3.15. The van der Waals surface area contributed by atoms with Crippen molar-refractivity contribution in [2.75, 3.05) is 19.7 Å². The largest absolute Gasteiger partial charge is 0.466 e. The minimum absolute atomic E-state index is 0.159. The number of carbonyl (C=O) groups is 3. The van der Waals surface area contributed by atoms with Gasteiger partial charge in [-0.1, -0.05) is 18.2 Å².